The van der Waals surface area contributed by atoms with Crippen LogP contribution in [0.2, 0.25) is 0 Å². The number of hydrogen-bond acceptors (Lipinski definition) is 4. The molecule has 0 aliphatic heterocycles. The van der Waals surface area contributed by atoms with Crippen LogP contribution in [-0.2, 0) is 0 Å². The third kappa shape index (κ3) is 2.84. The summed E-state index contributed by atoms with van der Waals surface area (Å²) >= 11 is 5.55. The molecular weight excluding hydrogens is 232 g/mol. The zero-order chi connectivity index (χ0) is 12.1. The van der Waals surface area contributed by atoms with E-state index >= 15 is 0 Å². The van der Waals surface area contributed by atoms with Gasteiger partial charge in [0.2, 0.25) is 0 Å². The average molecular weight is 241 g/mol. The maximum atomic E-state index is 10.6. The molecule has 84 valence electrons. The molecule has 0 fully saturated rings. The molecule has 1 unspecified atom stereocenters. The molecule has 0 aromatic heterocycles. The SMILES string of the molecule is Cc1c(OCC(Cl)C#N)cccc1[N+](=O)[O-]. The van der Waals surface area contributed by atoms with Crippen molar-refractivity contribution in [2.24, 2.45) is 0 Å². The fourth-order valence-electron chi connectivity index (χ4n) is 1.16. The van der Waals surface area contributed by atoms with Crippen molar-refractivity contribution in [3.05, 3.63) is 33.9 Å². The smallest absolute Gasteiger partial charge is 0.276 e. The lowest BCUT2D eigenvalue weighted by Crippen LogP contribution is -2.10. The number of benzene rings is 1. The van der Waals surface area contributed by atoms with Gasteiger partial charge in [0.1, 0.15) is 12.4 Å². The van der Waals surface area contributed by atoms with Crippen molar-refractivity contribution >= 4 is 17.3 Å². The van der Waals surface area contributed by atoms with Crippen molar-refractivity contribution in [3.63, 3.8) is 0 Å². The van der Waals surface area contributed by atoms with E-state index in [-0.39, 0.29) is 12.3 Å². The minimum Gasteiger partial charge on any atom is -0.490 e. The highest BCUT2D eigenvalue weighted by Gasteiger charge is 2.14. The van der Waals surface area contributed by atoms with Crippen molar-refractivity contribution in [3.8, 4) is 11.8 Å². The van der Waals surface area contributed by atoms with Crippen molar-refractivity contribution in [1.29, 1.82) is 5.26 Å². The Morgan fingerprint density at radius 3 is 2.94 bits per heavy atom. The second-order valence-corrected chi connectivity index (χ2v) is 3.59. The number of hydrogen-bond donors (Lipinski definition) is 0. The van der Waals surface area contributed by atoms with Gasteiger partial charge in [-0.05, 0) is 13.0 Å². The van der Waals surface area contributed by atoms with Crippen LogP contribution >= 0.6 is 11.6 Å². The molecule has 1 rings (SSSR count). The molecule has 1 aromatic carbocycles. The summed E-state index contributed by atoms with van der Waals surface area (Å²) in [6, 6.07) is 6.32. The van der Waals surface area contributed by atoms with Crippen LogP contribution in [0.4, 0.5) is 5.69 Å². The lowest BCUT2D eigenvalue weighted by molar-refractivity contribution is -0.385. The fourth-order valence-corrected chi connectivity index (χ4v) is 1.22. The highest BCUT2D eigenvalue weighted by Crippen LogP contribution is 2.27. The standard InChI is InChI=1S/C10H9ClN2O3/c1-7-9(13(14)15)3-2-4-10(7)16-6-8(11)5-12/h2-4,8H,6H2,1H3. The van der Waals surface area contributed by atoms with Crippen LogP contribution in [0.15, 0.2) is 18.2 Å². The number of nitro groups is 1. The summed E-state index contributed by atoms with van der Waals surface area (Å²) in [6.07, 6.45) is 0. The number of halogens is 1. The Hall–Kier alpha value is -1.80. The van der Waals surface area contributed by atoms with E-state index in [9.17, 15) is 10.1 Å². The minimum atomic E-state index is -0.765. The molecule has 6 heteroatoms. The van der Waals surface area contributed by atoms with Crippen LogP contribution in [0.5, 0.6) is 5.75 Å². The molecule has 0 N–H and O–H groups in total. The van der Waals surface area contributed by atoms with E-state index in [0.717, 1.165) is 0 Å². The molecule has 0 spiro atoms. The van der Waals surface area contributed by atoms with Gasteiger partial charge in [-0.15, -0.1) is 11.6 Å². The Morgan fingerprint density at radius 1 is 1.69 bits per heavy atom. The molecule has 0 saturated heterocycles. The average Bonchev–Trinajstić information content (AvgIpc) is 2.26. The molecule has 1 aromatic rings. The van der Waals surface area contributed by atoms with Gasteiger partial charge in [-0.2, -0.15) is 5.26 Å². The van der Waals surface area contributed by atoms with Gasteiger partial charge in [-0.3, -0.25) is 10.1 Å². The van der Waals surface area contributed by atoms with E-state index in [2.05, 4.69) is 0 Å². The summed E-state index contributed by atoms with van der Waals surface area (Å²) in [5.41, 5.74) is 0.412. The first-order chi connectivity index (χ1) is 7.56. The van der Waals surface area contributed by atoms with Crippen LogP contribution in [0.1, 0.15) is 5.56 Å². The molecule has 0 radical (unpaired) electrons. The summed E-state index contributed by atoms with van der Waals surface area (Å²) in [6.45, 7) is 1.59. The Morgan fingerprint density at radius 2 is 2.38 bits per heavy atom. The third-order valence-electron chi connectivity index (χ3n) is 1.98. The first-order valence-electron chi connectivity index (χ1n) is 4.46. The number of nitrogens with zero attached hydrogens (tertiary/aromatic N) is 2. The van der Waals surface area contributed by atoms with E-state index in [1.165, 1.54) is 12.1 Å². The van der Waals surface area contributed by atoms with Gasteiger partial charge < -0.3 is 4.74 Å². The lowest BCUT2D eigenvalue weighted by Gasteiger charge is -2.08. The number of rotatable bonds is 4. The molecule has 0 aliphatic rings. The summed E-state index contributed by atoms with van der Waals surface area (Å²) in [5, 5.41) is 18.3. The molecule has 0 saturated carbocycles. The number of nitriles is 1. The lowest BCUT2D eigenvalue weighted by atomic mass is 10.2. The number of nitro benzene ring substituents is 1. The van der Waals surface area contributed by atoms with Crippen molar-refractivity contribution in [1.82, 2.24) is 0 Å². The van der Waals surface area contributed by atoms with Crippen LogP contribution in [0.25, 0.3) is 0 Å². The van der Waals surface area contributed by atoms with Crippen LogP contribution in [0.3, 0.4) is 0 Å². The van der Waals surface area contributed by atoms with Crippen molar-refractivity contribution in [2.75, 3.05) is 6.61 Å². The van der Waals surface area contributed by atoms with E-state index in [4.69, 9.17) is 21.6 Å². The van der Waals surface area contributed by atoms with E-state index in [1.807, 2.05) is 0 Å². The summed E-state index contributed by atoms with van der Waals surface area (Å²) in [7, 11) is 0. The Labute approximate surface area is 97.4 Å². The van der Waals surface area contributed by atoms with Gasteiger partial charge in [-0.1, -0.05) is 6.07 Å². The van der Waals surface area contributed by atoms with Gasteiger partial charge in [0, 0.05) is 6.07 Å². The predicted molar refractivity (Wildman–Crippen MR) is 58.6 cm³/mol. The Kier molecular flexibility index (Phi) is 4.09. The first kappa shape index (κ1) is 12.3. The Balaban J connectivity index is 2.86. The minimum absolute atomic E-state index is 0.0000627. The fraction of sp³-hybridized carbons (Fsp3) is 0.300. The second kappa shape index (κ2) is 5.33. The van der Waals surface area contributed by atoms with Crippen LogP contribution in [-0.4, -0.2) is 16.9 Å². The molecule has 0 heterocycles. The molecule has 0 bridgehead atoms. The second-order valence-electron chi connectivity index (χ2n) is 3.07. The summed E-state index contributed by atoms with van der Waals surface area (Å²) < 4.78 is 5.22. The van der Waals surface area contributed by atoms with Crippen LogP contribution < -0.4 is 4.74 Å². The van der Waals surface area contributed by atoms with E-state index in [1.54, 1.807) is 19.1 Å². The zero-order valence-corrected chi connectivity index (χ0v) is 9.27. The molecule has 0 amide bonds. The van der Waals surface area contributed by atoms with Gasteiger partial charge in [0.25, 0.3) is 5.69 Å². The molecular formula is C10H9ClN2O3. The molecule has 1 atom stereocenters. The van der Waals surface area contributed by atoms with Gasteiger partial charge >= 0.3 is 0 Å². The third-order valence-corrected chi connectivity index (χ3v) is 2.20. The highest BCUT2D eigenvalue weighted by atomic mass is 35.5. The highest BCUT2D eigenvalue weighted by molar-refractivity contribution is 6.22. The van der Waals surface area contributed by atoms with Crippen LogP contribution in [0, 0.1) is 28.4 Å². The summed E-state index contributed by atoms with van der Waals surface area (Å²) in [4.78, 5) is 10.2. The van der Waals surface area contributed by atoms with Gasteiger partial charge in [-0.25, -0.2) is 0 Å². The Bertz CT molecular complexity index is 442. The normalized spacial score (nSPS) is 11.6. The van der Waals surface area contributed by atoms with E-state index in [0.29, 0.717) is 11.3 Å². The first-order valence-corrected chi connectivity index (χ1v) is 4.90. The quantitative estimate of drug-likeness (QED) is 0.460. The largest absolute Gasteiger partial charge is 0.490 e. The number of alkyl halides is 1. The maximum Gasteiger partial charge on any atom is 0.276 e. The van der Waals surface area contributed by atoms with Crippen molar-refractivity contribution in [2.45, 2.75) is 12.3 Å². The number of ether oxygens (including phenoxy) is 1. The molecule has 5 nitrogen and oxygen atoms in total. The van der Waals surface area contributed by atoms with Gasteiger partial charge in [0.05, 0.1) is 16.6 Å². The monoisotopic (exact) mass is 240 g/mol. The molecule has 16 heavy (non-hydrogen) atoms. The predicted octanol–water partition coefficient (Wildman–Crippen LogP) is 2.41. The van der Waals surface area contributed by atoms with Gasteiger partial charge in [0.15, 0.2) is 5.38 Å². The maximum absolute atomic E-state index is 10.6. The zero-order valence-electron chi connectivity index (χ0n) is 8.51. The topological polar surface area (TPSA) is 76.2 Å². The van der Waals surface area contributed by atoms with Crippen molar-refractivity contribution < 1.29 is 9.66 Å². The van der Waals surface area contributed by atoms with E-state index < -0.39 is 10.3 Å². The summed E-state index contributed by atoms with van der Waals surface area (Å²) in [5.74, 6) is 0.370. The molecule has 0 aliphatic carbocycles.